The second kappa shape index (κ2) is 5.82. The van der Waals surface area contributed by atoms with Crippen molar-refractivity contribution in [1.29, 1.82) is 0 Å². The quantitative estimate of drug-likeness (QED) is 0.617. The molecule has 2 aromatic rings. The number of pyridine rings is 1. The van der Waals surface area contributed by atoms with Crippen LogP contribution in [0, 0.1) is 0 Å². The normalized spacial score (nSPS) is 12.0. The molecule has 0 aliphatic heterocycles. The van der Waals surface area contributed by atoms with Gasteiger partial charge in [-0.3, -0.25) is 9.59 Å². The number of carbonyl (C=O) groups is 1. The Morgan fingerprint density at radius 3 is 2.81 bits per heavy atom. The van der Waals surface area contributed by atoms with Gasteiger partial charge in [0, 0.05) is 27.1 Å². The molecule has 3 N–H and O–H groups in total. The van der Waals surface area contributed by atoms with E-state index in [1.54, 1.807) is 6.20 Å². The van der Waals surface area contributed by atoms with Gasteiger partial charge in [0.1, 0.15) is 12.2 Å². The first-order valence-electron chi connectivity index (χ1n) is 6.74. The number of aromatic nitrogens is 3. The molecule has 1 amide bonds. The topological polar surface area (TPSA) is 103 Å². The molecule has 0 aliphatic carbocycles. The zero-order valence-corrected chi connectivity index (χ0v) is 13.5. The first-order valence-corrected chi connectivity index (χ1v) is 10.4. The summed E-state index contributed by atoms with van der Waals surface area (Å²) in [5.41, 5.74) is 5.47. The number of nitrogens with zero attached hydrogens (tertiary/aromatic N) is 2. The molecule has 2 heterocycles. The van der Waals surface area contributed by atoms with Gasteiger partial charge in [-0.15, -0.1) is 0 Å². The van der Waals surface area contributed by atoms with Crippen LogP contribution in [-0.2, 0) is 11.5 Å². The van der Waals surface area contributed by atoms with Crippen molar-refractivity contribution in [1.82, 2.24) is 14.8 Å². The maximum atomic E-state index is 11.7. The fourth-order valence-electron chi connectivity index (χ4n) is 1.86. The van der Waals surface area contributed by atoms with Crippen LogP contribution in [0.25, 0.3) is 10.9 Å². The van der Waals surface area contributed by atoms with Crippen molar-refractivity contribution in [2.24, 2.45) is 5.73 Å². The molecule has 0 saturated carbocycles. The predicted molar refractivity (Wildman–Crippen MR) is 83.0 cm³/mol. The van der Waals surface area contributed by atoms with E-state index >= 15 is 0 Å². The molecule has 0 saturated heterocycles. The third-order valence-corrected chi connectivity index (χ3v) is 4.80. The zero-order valence-electron chi connectivity index (χ0n) is 12.5. The minimum absolute atomic E-state index is 0.199. The average Bonchev–Trinajstić information content (AvgIpc) is 2.78. The Hall–Kier alpha value is -1.93. The molecule has 0 atom stereocenters. The molecule has 0 aromatic carbocycles. The number of hydrogen-bond donors (Lipinski definition) is 2. The predicted octanol–water partition coefficient (Wildman–Crippen LogP) is 1.14. The number of H-pyrrole nitrogens is 1. The van der Waals surface area contributed by atoms with Gasteiger partial charge in [-0.25, -0.2) is 4.68 Å². The molecular formula is C13H20N4O3Si. The van der Waals surface area contributed by atoms with Gasteiger partial charge in [0.25, 0.3) is 11.5 Å². The highest BCUT2D eigenvalue weighted by Crippen LogP contribution is 2.12. The number of amides is 1. The van der Waals surface area contributed by atoms with Crippen LogP contribution in [0.5, 0.6) is 0 Å². The molecule has 7 nitrogen and oxygen atoms in total. The highest BCUT2D eigenvalue weighted by atomic mass is 28.3. The summed E-state index contributed by atoms with van der Waals surface area (Å²) in [6.07, 6.45) is 2.85. The zero-order chi connectivity index (χ0) is 15.6. The summed E-state index contributed by atoms with van der Waals surface area (Å²) in [6.45, 7) is 7.73. The maximum absolute atomic E-state index is 11.7. The standard InChI is InChI=1S/C13H20N4O3Si/c1-21(2,3)5-4-20-8-17-7-10-11(16-17)9(12(14)18)6-15-13(10)19/h6-7H,4-5,8H2,1-3H3,(H2,14,18)(H,15,19). The first-order chi connectivity index (χ1) is 9.78. The Balaban J connectivity index is 2.16. The fourth-order valence-corrected chi connectivity index (χ4v) is 2.62. The Morgan fingerprint density at radius 2 is 2.19 bits per heavy atom. The van der Waals surface area contributed by atoms with E-state index in [0.717, 1.165) is 6.04 Å². The first kappa shape index (κ1) is 15.5. The van der Waals surface area contributed by atoms with E-state index in [9.17, 15) is 9.59 Å². The van der Waals surface area contributed by atoms with Gasteiger partial charge < -0.3 is 15.5 Å². The molecule has 0 unspecified atom stereocenters. The number of nitrogens with two attached hydrogens (primary N) is 1. The van der Waals surface area contributed by atoms with E-state index < -0.39 is 14.0 Å². The number of fused-ring (bicyclic) bond motifs is 1. The number of aromatic amines is 1. The maximum Gasteiger partial charge on any atom is 0.259 e. The third-order valence-electron chi connectivity index (χ3n) is 3.09. The largest absolute Gasteiger partial charge is 0.365 e. The van der Waals surface area contributed by atoms with Crippen molar-refractivity contribution >= 4 is 24.9 Å². The van der Waals surface area contributed by atoms with Crippen LogP contribution in [-0.4, -0.2) is 35.4 Å². The number of ether oxygens (including phenoxy) is 1. The molecule has 0 aliphatic rings. The SMILES string of the molecule is C[Si](C)(C)CCOCn1cc2c(=O)[nH]cc(C(N)=O)c2n1. The lowest BCUT2D eigenvalue weighted by atomic mass is 10.2. The Bertz CT molecular complexity index is 714. The summed E-state index contributed by atoms with van der Waals surface area (Å²) < 4.78 is 7.08. The summed E-state index contributed by atoms with van der Waals surface area (Å²) >= 11 is 0. The molecule has 2 rings (SSSR count). The average molecular weight is 308 g/mol. The van der Waals surface area contributed by atoms with Crippen LogP contribution in [0.15, 0.2) is 17.2 Å². The van der Waals surface area contributed by atoms with Gasteiger partial charge in [0.15, 0.2) is 0 Å². The molecule has 2 aromatic heterocycles. The van der Waals surface area contributed by atoms with Crippen molar-refractivity contribution in [3.05, 3.63) is 28.3 Å². The minimum atomic E-state index is -1.13. The van der Waals surface area contributed by atoms with Gasteiger partial charge in [-0.05, 0) is 6.04 Å². The Kier molecular flexibility index (Phi) is 4.28. The van der Waals surface area contributed by atoms with Crippen molar-refractivity contribution in [3.8, 4) is 0 Å². The van der Waals surface area contributed by atoms with Crippen molar-refractivity contribution in [3.63, 3.8) is 0 Å². The van der Waals surface area contributed by atoms with Gasteiger partial charge in [-0.1, -0.05) is 19.6 Å². The highest BCUT2D eigenvalue weighted by molar-refractivity contribution is 6.76. The number of nitrogens with one attached hydrogen (secondary N) is 1. The van der Waals surface area contributed by atoms with Gasteiger partial charge in [0.2, 0.25) is 0 Å². The van der Waals surface area contributed by atoms with Crippen LogP contribution < -0.4 is 11.3 Å². The van der Waals surface area contributed by atoms with Crippen molar-refractivity contribution in [2.75, 3.05) is 6.61 Å². The highest BCUT2D eigenvalue weighted by Gasteiger charge is 2.14. The van der Waals surface area contributed by atoms with Gasteiger partial charge in [0.05, 0.1) is 10.9 Å². The number of carbonyl (C=O) groups excluding carboxylic acids is 1. The Labute approximate surface area is 123 Å². The number of hydrogen-bond acceptors (Lipinski definition) is 4. The second-order valence-electron chi connectivity index (χ2n) is 6.17. The molecular weight excluding hydrogens is 288 g/mol. The van der Waals surface area contributed by atoms with Gasteiger partial charge >= 0.3 is 0 Å². The van der Waals surface area contributed by atoms with E-state index in [2.05, 4.69) is 29.7 Å². The lowest BCUT2D eigenvalue weighted by molar-refractivity contribution is 0.0790. The van der Waals surface area contributed by atoms with Crippen molar-refractivity contribution in [2.45, 2.75) is 32.4 Å². The number of rotatable bonds is 6. The Morgan fingerprint density at radius 1 is 1.48 bits per heavy atom. The molecule has 114 valence electrons. The van der Waals surface area contributed by atoms with Crippen LogP contribution >= 0.6 is 0 Å². The lowest BCUT2D eigenvalue weighted by Gasteiger charge is -2.15. The fraction of sp³-hybridized carbons (Fsp3) is 0.462. The van der Waals surface area contributed by atoms with E-state index in [4.69, 9.17) is 10.5 Å². The van der Waals surface area contributed by atoms with E-state index in [1.807, 2.05) is 0 Å². The van der Waals surface area contributed by atoms with Crippen LogP contribution in [0.4, 0.5) is 0 Å². The molecule has 0 radical (unpaired) electrons. The molecule has 8 heteroatoms. The number of primary amides is 1. The smallest absolute Gasteiger partial charge is 0.259 e. The van der Waals surface area contributed by atoms with E-state index in [0.29, 0.717) is 17.5 Å². The lowest BCUT2D eigenvalue weighted by Crippen LogP contribution is -2.22. The molecule has 0 fully saturated rings. The summed E-state index contributed by atoms with van der Waals surface area (Å²) in [5, 5.41) is 4.54. The molecule has 0 spiro atoms. The minimum Gasteiger partial charge on any atom is -0.365 e. The molecule has 21 heavy (non-hydrogen) atoms. The third kappa shape index (κ3) is 3.79. The summed E-state index contributed by atoms with van der Waals surface area (Å²) in [6, 6.07) is 1.06. The monoisotopic (exact) mass is 308 g/mol. The van der Waals surface area contributed by atoms with E-state index in [1.165, 1.54) is 10.9 Å². The van der Waals surface area contributed by atoms with E-state index in [-0.39, 0.29) is 17.9 Å². The molecule has 0 bridgehead atoms. The second-order valence-corrected chi connectivity index (χ2v) is 11.8. The summed E-state index contributed by atoms with van der Waals surface area (Å²) in [7, 11) is -1.13. The van der Waals surface area contributed by atoms with Crippen LogP contribution in [0.1, 0.15) is 10.4 Å². The summed E-state index contributed by atoms with van der Waals surface area (Å²) in [4.78, 5) is 25.5. The summed E-state index contributed by atoms with van der Waals surface area (Å²) in [5.74, 6) is -0.624. The van der Waals surface area contributed by atoms with Crippen molar-refractivity contribution < 1.29 is 9.53 Å². The van der Waals surface area contributed by atoms with Crippen LogP contribution in [0.3, 0.4) is 0 Å². The van der Waals surface area contributed by atoms with Gasteiger partial charge in [-0.2, -0.15) is 5.10 Å². The van der Waals surface area contributed by atoms with Crippen LogP contribution in [0.2, 0.25) is 25.7 Å².